The lowest BCUT2D eigenvalue weighted by Crippen LogP contribution is -2.21. The normalized spacial score (nSPS) is 10.3. The molecule has 7 aromatic rings. The lowest BCUT2D eigenvalue weighted by molar-refractivity contribution is -0.117. The number of methoxy groups -OCH3 is 1. The van der Waals surface area contributed by atoms with Crippen LogP contribution < -0.4 is 53.7 Å². The number of hydrogen-bond acceptors (Lipinski definition) is 22. The van der Waals surface area contributed by atoms with Crippen molar-refractivity contribution in [3.63, 3.8) is 0 Å². The smallest absolute Gasteiger partial charge is 0.330 e. The summed E-state index contributed by atoms with van der Waals surface area (Å²) in [6.07, 6.45) is 9.36. The third-order valence-corrected chi connectivity index (χ3v) is 10.5. The Hall–Kier alpha value is -7.36. The quantitative estimate of drug-likeness (QED) is 0.0440. The fourth-order valence-electron chi connectivity index (χ4n) is 4.78. The summed E-state index contributed by atoms with van der Waals surface area (Å²) in [5, 5.41) is 14.6. The Morgan fingerprint density at radius 3 is 1.71 bits per heavy atom. The third kappa shape index (κ3) is 20.0. The van der Waals surface area contributed by atoms with Crippen molar-refractivity contribution in [3.05, 3.63) is 89.6 Å². The summed E-state index contributed by atoms with van der Waals surface area (Å²) < 4.78 is 26.2. The molecule has 350 valence electrons. The maximum absolute atomic E-state index is 10.7. The second-order valence-corrected chi connectivity index (χ2v) is 16.0. The molecular weight excluding hydrogens is 931 g/mol. The monoisotopic (exact) mass is 979 g/mol. The van der Waals surface area contributed by atoms with E-state index in [1.807, 2.05) is 66.9 Å². The Kier molecular flexibility index (Phi) is 22.1. The molecule has 0 atom stereocenters. The van der Waals surface area contributed by atoms with Crippen LogP contribution in [0.3, 0.4) is 0 Å². The number of benzene rings is 2. The van der Waals surface area contributed by atoms with Gasteiger partial charge in [0.1, 0.15) is 11.6 Å². The molecule has 23 nitrogen and oxygen atoms in total. The van der Waals surface area contributed by atoms with Crippen molar-refractivity contribution in [2.45, 2.75) is 32.6 Å². The summed E-state index contributed by atoms with van der Waals surface area (Å²) in [4.78, 5) is 61.8. The molecule has 0 spiro atoms. The molecular formula is C39H49N17O6S4. The van der Waals surface area contributed by atoms with Gasteiger partial charge in [-0.25, -0.2) is 9.97 Å². The van der Waals surface area contributed by atoms with E-state index < -0.39 is 23.6 Å². The van der Waals surface area contributed by atoms with Gasteiger partial charge < -0.3 is 58.7 Å². The third-order valence-electron chi connectivity index (χ3n) is 7.75. The van der Waals surface area contributed by atoms with Gasteiger partial charge in [-0.3, -0.25) is 19.2 Å². The minimum absolute atomic E-state index is 0.0539. The van der Waals surface area contributed by atoms with Crippen LogP contribution >= 0.6 is 46.1 Å². The van der Waals surface area contributed by atoms with E-state index in [2.05, 4.69) is 76.7 Å². The number of aromatic nitrogens is 9. The van der Waals surface area contributed by atoms with Gasteiger partial charge in [-0.15, -0.1) is 8.75 Å². The summed E-state index contributed by atoms with van der Waals surface area (Å²) >= 11 is 4.71. The number of anilines is 4. The van der Waals surface area contributed by atoms with Crippen molar-refractivity contribution >= 4 is 107 Å². The maximum Gasteiger partial charge on any atom is 0.330 e. The lowest BCUT2D eigenvalue weighted by Gasteiger charge is -1.98. The number of ether oxygens (including phenoxy) is 2. The average molecular weight is 980 g/mol. The van der Waals surface area contributed by atoms with Gasteiger partial charge in [-0.2, -0.15) is 18.7 Å². The molecule has 0 aliphatic rings. The van der Waals surface area contributed by atoms with Crippen molar-refractivity contribution in [3.8, 4) is 12.0 Å². The van der Waals surface area contributed by atoms with Crippen molar-refractivity contribution in [1.82, 2.24) is 42.4 Å². The molecule has 0 aliphatic heterocycles. The molecule has 0 aliphatic carbocycles. The van der Waals surface area contributed by atoms with Crippen LogP contribution in [-0.4, -0.2) is 106 Å². The number of amides is 4. The van der Waals surface area contributed by atoms with Crippen LogP contribution in [0.1, 0.15) is 42.5 Å². The van der Waals surface area contributed by atoms with Crippen molar-refractivity contribution in [1.29, 1.82) is 0 Å². The van der Waals surface area contributed by atoms with Gasteiger partial charge in [0.15, 0.2) is 0 Å². The van der Waals surface area contributed by atoms with Gasteiger partial charge in [0.05, 0.1) is 39.9 Å². The minimum atomic E-state index is -0.441. The number of allylic oxidation sites excluding steroid dienone is 1. The van der Waals surface area contributed by atoms with Crippen molar-refractivity contribution in [2.75, 3.05) is 61.2 Å². The highest BCUT2D eigenvalue weighted by Crippen LogP contribution is 2.22. The first-order chi connectivity index (χ1) is 31.9. The number of nitrogens with one attached hydrogen (secondary N) is 5. The molecule has 13 N–H and O–H groups in total. The highest BCUT2D eigenvalue weighted by Gasteiger charge is 2.10. The van der Waals surface area contributed by atoms with E-state index in [9.17, 15) is 19.2 Å². The number of nitrogens with two attached hydrogens (primary N) is 4. The van der Waals surface area contributed by atoms with Crippen molar-refractivity contribution < 1.29 is 28.7 Å². The number of nitrogens with zero attached hydrogens (tertiary/aromatic N) is 8. The number of primary amides is 4. The molecule has 0 fully saturated rings. The van der Waals surface area contributed by atoms with Crippen LogP contribution in [0.4, 0.5) is 20.5 Å². The Balaban J connectivity index is 0.000000196. The summed E-state index contributed by atoms with van der Waals surface area (Å²) in [5.74, 6) is -0.252. The zero-order valence-corrected chi connectivity index (χ0v) is 39.0. The zero-order chi connectivity index (χ0) is 47.5. The molecule has 2 aromatic carbocycles. The molecule has 0 unspecified atom stereocenters. The highest BCUT2D eigenvalue weighted by molar-refractivity contribution is 7.10. The summed E-state index contributed by atoms with van der Waals surface area (Å²) in [5.41, 5.74) is 23.4. The number of H-pyrrole nitrogens is 1. The van der Waals surface area contributed by atoms with Gasteiger partial charge >= 0.3 is 12.0 Å². The number of carbonyl (C=O) groups excluding carboxylic acids is 4. The molecule has 7 rings (SSSR count). The standard InChI is InChI=1S/C13H13N5OS.C13H14N4OS.C8H14N4O2S.C5H8N4O2S/c14-11(19)7-16-13-17-12(18-20-13)5-8-6-15-10-4-2-1-3-9(8)10;14-11(18)9-15-13-16-12(17-19-13)8-4-7-10-5-2-1-3-6-10;1-2-3-4-14-7-11-8(15-12-7)10-5-6(9)13;1-11-4-8-5(12-9-4)7-2-3(6)10/h1-4,6,15H,5,7H2,(H2,14,19)(H,16,17,18);1-7H,8-9H2,(H2,14,18)(H,15,16,17);2-5H2,1H3,(H2,9,13)(H,10,11,12);2H2,1H3,(H2,6,10)(H,7,8,9). The number of fused-ring (bicyclic) bond motifs is 1. The van der Waals surface area contributed by atoms with Crippen LogP contribution in [0.5, 0.6) is 12.0 Å². The van der Waals surface area contributed by atoms with E-state index in [0.717, 1.165) is 64.2 Å². The number of aromatic amines is 1. The number of para-hydroxylation sites is 1. The minimum Gasteiger partial charge on any atom is -0.466 e. The topological polar surface area (TPSA) is 358 Å². The van der Waals surface area contributed by atoms with Crippen LogP contribution in [0, 0.1) is 0 Å². The van der Waals surface area contributed by atoms with Gasteiger partial charge in [-0.1, -0.05) is 74.0 Å². The van der Waals surface area contributed by atoms with Gasteiger partial charge in [0, 0.05) is 76.1 Å². The summed E-state index contributed by atoms with van der Waals surface area (Å²) in [7, 11) is 1.47. The van der Waals surface area contributed by atoms with E-state index in [-0.39, 0.29) is 32.2 Å². The summed E-state index contributed by atoms with van der Waals surface area (Å²) in [6.45, 7) is 2.96. The molecule has 27 heteroatoms. The second-order valence-electron chi connectivity index (χ2n) is 13.0. The Morgan fingerprint density at radius 2 is 1.15 bits per heavy atom. The molecule has 66 heavy (non-hydrogen) atoms. The number of rotatable bonds is 22. The Morgan fingerprint density at radius 1 is 0.652 bits per heavy atom. The zero-order valence-electron chi connectivity index (χ0n) is 35.8. The van der Waals surface area contributed by atoms with Crippen LogP contribution in [0.2, 0.25) is 0 Å². The number of hydrogen-bond donors (Lipinski definition) is 9. The van der Waals surface area contributed by atoms with Crippen LogP contribution in [0.25, 0.3) is 17.0 Å². The van der Waals surface area contributed by atoms with Crippen LogP contribution in [-0.2, 0) is 32.0 Å². The first-order valence-electron chi connectivity index (χ1n) is 19.7. The average Bonchev–Trinajstić information content (AvgIpc) is 4.18. The first-order valence-corrected chi connectivity index (χ1v) is 22.8. The molecule has 0 saturated carbocycles. The van der Waals surface area contributed by atoms with Crippen molar-refractivity contribution in [2.24, 2.45) is 22.9 Å². The fraction of sp³-hybridized carbons (Fsp3) is 0.282. The molecule has 5 aromatic heterocycles. The molecule has 5 heterocycles. The molecule has 0 bridgehead atoms. The van der Waals surface area contributed by atoms with E-state index in [4.69, 9.17) is 32.4 Å². The van der Waals surface area contributed by atoms with Gasteiger partial charge in [0.2, 0.25) is 44.2 Å². The molecule has 4 amide bonds. The SMILES string of the molecule is CCCCOc1nsc(NCC(N)=O)n1.COc1nsc(NCC(N)=O)n1.NC(=O)CNc1nc(CC=Cc2ccccc2)ns1.NC(=O)CNc1nc(Cc2c[nH]c3ccccc23)ns1. The fourth-order valence-corrected chi connectivity index (χ4v) is 7.00. The van der Waals surface area contributed by atoms with Gasteiger partial charge in [0.25, 0.3) is 0 Å². The lowest BCUT2D eigenvalue weighted by atomic mass is 10.1. The van der Waals surface area contributed by atoms with Gasteiger partial charge in [-0.05, 0) is 23.6 Å². The maximum atomic E-state index is 10.7. The second kappa shape index (κ2) is 28.4. The first kappa shape index (κ1) is 51.3. The highest BCUT2D eigenvalue weighted by atomic mass is 32.1. The van der Waals surface area contributed by atoms with E-state index >= 15 is 0 Å². The van der Waals surface area contributed by atoms with Crippen LogP contribution in [0.15, 0.2) is 66.9 Å². The summed E-state index contributed by atoms with van der Waals surface area (Å²) in [6, 6.07) is 18.8. The molecule has 0 radical (unpaired) electrons. The molecule has 0 saturated heterocycles. The Bertz CT molecular complexity index is 2580. The van der Waals surface area contributed by atoms with E-state index in [1.54, 1.807) is 0 Å². The van der Waals surface area contributed by atoms with E-state index in [1.165, 1.54) is 35.6 Å². The Labute approximate surface area is 394 Å². The number of unbranched alkanes of at least 4 members (excludes halogenated alkanes) is 1. The number of carbonyl (C=O) groups is 4. The largest absolute Gasteiger partial charge is 0.466 e. The predicted molar refractivity (Wildman–Crippen MR) is 258 cm³/mol. The van der Waals surface area contributed by atoms with E-state index in [0.29, 0.717) is 46.0 Å². The predicted octanol–water partition coefficient (Wildman–Crippen LogP) is 3.26.